The number of hydrogen-bond donors (Lipinski definition) is 0. The number of carbonyl (C=O) groups excluding carboxylic acids is 1. The number of hydrogen-bond acceptors (Lipinski definition) is 3. The number of aryl methyl sites for hydroxylation is 2. The standard InChI is InChI=1S/C18H20O3/c1-12(2)20-16-10-8-15(9-11-16)18(19)21-17-13(3)6-5-7-14(17)4/h5-12H,1-4H3. The molecule has 0 heterocycles. The van der Waals surface area contributed by atoms with Gasteiger partial charge >= 0.3 is 5.97 Å². The summed E-state index contributed by atoms with van der Waals surface area (Å²) < 4.78 is 11.1. The molecule has 2 rings (SSSR count). The van der Waals surface area contributed by atoms with Crippen molar-refractivity contribution in [3.63, 3.8) is 0 Å². The summed E-state index contributed by atoms with van der Waals surface area (Å²) >= 11 is 0. The van der Waals surface area contributed by atoms with Crippen LogP contribution in [0.1, 0.15) is 35.3 Å². The van der Waals surface area contributed by atoms with Crippen molar-refractivity contribution in [3.8, 4) is 11.5 Å². The van der Waals surface area contributed by atoms with Crippen LogP contribution >= 0.6 is 0 Å². The highest BCUT2D eigenvalue weighted by molar-refractivity contribution is 5.91. The van der Waals surface area contributed by atoms with Gasteiger partial charge in [0.05, 0.1) is 11.7 Å². The summed E-state index contributed by atoms with van der Waals surface area (Å²) in [5, 5.41) is 0. The summed E-state index contributed by atoms with van der Waals surface area (Å²) in [4.78, 5) is 12.2. The molecule has 0 unspecified atom stereocenters. The lowest BCUT2D eigenvalue weighted by molar-refractivity contribution is 0.0732. The smallest absolute Gasteiger partial charge is 0.343 e. The second kappa shape index (κ2) is 6.44. The van der Waals surface area contributed by atoms with Gasteiger partial charge in [0, 0.05) is 0 Å². The fraction of sp³-hybridized carbons (Fsp3) is 0.278. The van der Waals surface area contributed by atoms with Crippen LogP contribution in [0, 0.1) is 13.8 Å². The monoisotopic (exact) mass is 284 g/mol. The molecule has 2 aromatic carbocycles. The summed E-state index contributed by atoms with van der Waals surface area (Å²) in [6.45, 7) is 7.77. The Balaban J connectivity index is 2.13. The highest BCUT2D eigenvalue weighted by Gasteiger charge is 2.12. The van der Waals surface area contributed by atoms with E-state index in [1.807, 2.05) is 45.9 Å². The molecule has 0 aliphatic rings. The van der Waals surface area contributed by atoms with Gasteiger partial charge in [0.15, 0.2) is 0 Å². The maximum absolute atomic E-state index is 12.2. The van der Waals surface area contributed by atoms with Gasteiger partial charge in [-0.05, 0) is 63.1 Å². The molecule has 0 bridgehead atoms. The van der Waals surface area contributed by atoms with Gasteiger partial charge in [0.2, 0.25) is 0 Å². The minimum atomic E-state index is -0.358. The predicted molar refractivity (Wildman–Crippen MR) is 83.1 cm³/mol. The van der Waals surface area contributed by atoms with Gasteiger partial charge in [-0.3, -0.25) is 0 Å². The first-order chi connectivity index (χ1) is 9.97. The van der Waals surface area contributed by atoms with Crippen LogP contribution in [-0.4, -0.2) is 12.1 Å². The molecule has 0 N–H and O–H groups in total. The molecule has 0 aliphatic carbocycles. The van der Waals surface area contributed by atoms with Crippen molar-refractivity contribution in [1.29, 1.82) is 0 Å². The van der Waals surface area contributed by atoms with Crippen molar-refractivity contribution in [3.05, 3.63) is 59.2 Å². The minimum Gasteiger partial charge on any atom is -0.491 e. The van der Waals surface area contributed by atoms with Gasteiger partial charge in [-0.1, -0.05) is 18.2 Å². The minimum absolute atomic E-state index is 0.109. The third kappa shape index (κ3) is 3.85. The van der Waals surface area contributed by atoms with Gasteiger partial charge in [0.25, 0.3) is 0 Å². The lowest BCUT2D eigenvalue weighted by atomic mass is 10.1. The molecule has 21 heavy (non-hydrogen) atoms. The first kappa shape index (κ1) is 15.1. The van der Waals surface area contributed by atoms with Crippen molar-refractivity contribution >= 4 is 5.97 Å². The van der Waals surface area contributed by atoms with Crippen molar-refractivity contribution in [2.45, 2.75) is 33.8 Å². The first-order valence-electron chi connectivity index (χ1n) is 7.02. The Morgan fingerprint density at radius 2 is 1.52 bits per heavy atom. The lowest BCUT2D eigenvalue weighted by Gasteiger charge is -2.11. The van der Waals surface area contributed by atoms with Gasteiger partial charge in [-0.25, -0.2) is 4.79 Å². The van der Waals surface area contributed by atoms with E-state index in [1.165, 1.54) is 0 Å². The van der Waals surface area contributed by atoms with Crippen LogP contribution in [0.3, 0.4) is 0 Å². The van der Waals surface area contributed by atoms with Crippen molar-refractivity contribution < 1.29 is 14.3 Å². The third-order valence-corrected chi connectivity index (χ3v) is 3.07. The van der Waals surface area contributed by atoms with E-state index in [0.29, 0.717) is 11.3 Å². The van der Waals surface area contributed by atoms with Crippen molar-refractivity contribution in [2.75, 3.05) is 0 Å². The summed E-state index contributed by atoms with van der Waals surface area (Å²) in [5.74, 6) is 1.02. The van der Waals surface area contributed by atoms with E-state index >= 15 is 0 Å². The molecule has 0 atom stereocenters. The molecule has 2 aromatic rings. The maximum atomic E-state index is 12.2. The average molecular weight is 284 g/mol. The first-order valence-corrected chi connectivity index (χ1v) is 7.02. The van der Waals surface area contributed by atoms with E-state index in [9.17, 15) is 4.79 Å². The van der Waals surface area contributed by atoms with E-state index in [0.717, 1.165) is 16.9 Å². The Labute approximate surface area is 125 Å². The SMILES string of the molecule is Cc1cccc(C)c1OC(=O)c1ccc(OC(C)C)cc1. The molecule has 0 amide bonds. The quantitative estimate of drug-likeness (QED) is 0.620. The maximum Gasteiger partial charge on any atom is 0.343 e. The topological polar surface area (TPSA) is 35.5 Å². The normalized spacial score (nSPS) is 10.5. The molecule has 3 heteroatoms. The summed E-state index contributed by atoms with van der Waals surface area (Å²) in [6, 6.07) is 12.8. The van der Waals surface area contributed by atoms with Gasteiger partial charge < -0.3 is 9.47 Å². The second-order valence-electron chi connectivity index (χ2n) is 5.30. The molecule has 0 aliphatic heterocycles. The summed E-state index contributed by atoms with van der Waals surface area (Å²) in [6.07, 6.45) is 0.109. The number of para-hydroxylation sites is 1. The molecule has 0 fully saturated rings. The van der Waals surface area contributed by atoms with Crippen LogP contribution in [-0.2, 0) is 0 Å². The zero-order valence-corrected chi connectivity index (χ0v) is 12.8. The Bertz CT molecular complexity index is 607. The van der Waals surface area contributed by atoms with Crippen LogP contribution in [0.25, 0.3) is 0 Å². The van der Waals surface area contributed by atoms with Gasteiger partial charge in [-0.2, -0.15) is 0 Å². The zero-order valence-electron chi connectivity index (χ0n) is 12.8. The molecule has 0 radical (unpaired) electrons. The van der Waals surface area contributed by atoms with Gasteiger partial charge in [0.1, 0.15) is 11.5 Å². The number of carbonyl (C=O) groups is 1. The number of rotatable bonds is 4. The predicted octanol–water partition coefficient (Wildman–Crippen LogP) is 4.31. The summed E-state index contributed by atoms with van der Waals surface area (Å²) in [7, 11) is 0. The van der Waals surface area contributed by atoms with Crippen molar-refractivity contribution in [2.24, 2.45) is 0 Å². The summed E-state index contributed by atoms with van der Waals surface area (Å²) in [5.41, 5.74) is 2.40. The fourth-order valence-corrected chi connectivity index (χ4v) is 2.05. The van der Waals surface area contributed by atoms with Crippen LogP contribution in [0.2, 0.25) is 0 Å². The van der Waals surface area contributed by atoms with E-state index in [-0.39, 0.29) is 12.1 Å². The lowest BCUT2D eigenvalue weighted by Crippen LogP contribution is -2.10. The van der Waals surface area contributed by atoms with E-state index in [4.69, 9.17) is 9.47 Å². The van der Waals surface area contributed by atoms with Crippen LogP contribution < -0.4 is 9.47 Å². The van der Waals surface area contributed by atoms with E-state index in [2.05, 4.69) is 0 Å². The molecular formula is C18H20O3. The molecule has 0 aromatic heterocycles. The Hall–Kier alpha value is -2.29. The second-order valence-corrected chi connectivity index (χ2v) is 5.30. The number of benzene rings is 2. The number of ether oxygens (including phenoxy) is 2. The largest absolute Gasteiger partial charge is 0.491 e. The van der Waals surface area contributed by atoms with Crippen LogP contribution in [0.4, 0.5) is 0 Å². The molecule has 110 valence electrons. The highest BCUT2D eigenvalue weighted by Crippen LogP contribution is 2.24. The highest BCUT2D eigenvalue weighted by atomic mass is 16.5. The van der Waals surface area contributed by atoms with Crippen molar-refractivity contribution in [1.82, 2.24) is 0 Å². The van der Waals surface area contributed by atoms with E-state index in [1.54, 1.807) is 24.3 Å². The average Bonchev–Trinajstić information content (AvgIpc) is 2.43. The zero-order chi connectivity index (χ0) is 15.4. The molecule has 0 saturated carbocycles. The van der Waals surface area contributed by atoms with Crippen LogP contribution in [0.15, 0.2) is 42.5 Å². The van der Waals surface area contributed by atoms with Gasteiger partial charge in [-0.15, -0.1) is 0 Å². The number of esters is 1. The molecule has 0 saturated heterocycles. The Kier molecular flexibility index (Phi) is 4.63. The molecule has 3 nitrogen and oxygen atoms in total. The Morgan fingerprint density at radius 3 is 2.05 bits per heavy atom. The van der Waals surface area contributed by atoms with Crippen LogP contribution in [0.5, 0.6) is 11.5 Å². The molecular weight excluding hydrogens is 264 g/mol. The van der Waals surface area contributed by atoms with E-state index < -0.39 is 0 Å². The Morgan fingerprint density at radius 1 is 0.952 bits per heavy atom. The third-order valence-electron chi connectivity index (χ3n) is 3.07. The fourth-order valence-electron chi connectivity index (χ4n) is 2.05. The molecule has 0 spiro atoms.